The van der Waals surface area contributed by atoms with Crippen LogP contribution in [0.4, 0.5) is 8.78 Å². The van der Waals surface area contributed by atoms with Gasteiger partial charge in [0.1, 0.15) is 17.7 Å². The minimum absolute atomic E-state index is 0.219. The van der Waals surface area contributed by atoms with Gasteiger partial charge >= 0.3 is 0 Å². The third-order valence-electron chi connectivity index (χ3n) is 3.55. The topological polar surface area (TPSA) is 68.0 Å². The molecule has 0 spiro atoms. The second-order valence-corrected chi connectivity index (χ2v) is 5.58. The Hall–Kier alpha value is -3.35. The van der Waals surface area contributed by atoms with Gasteiger partial charge in [-0.1, -0.05) is 17.3 Å². The second kappa shape index (κ2) is 7.69. The first-order valence-electron chi connectivity index (χ1n) is 7.85. The summed E-state index contributed by atoms with van der Waals surface area (Å²) >= 11 is 0. The van der Waals surface area contributed by atoms with Crippen molar-refractivity contribution < 1.29 is 18.1 Å². The molecule has 1 aromatic heterocycles. The molecule has 0 saturated heterocycles. The third-order valence-corrected chi connectivity index (χ3v) is 3.55. The van der Waals surface area contributed by atoms with Crippen molar-refractivity contribution in [2.24, 2.45) is 0 Å². The van der Waals surface area contributed by atoms with Gasteiger partial charge in [0.2, 0.25) is 17.6 Å². The molecule has 5 nitrogen and oxygen atoms in total. The van der Waals surface area contributed by atoms with Gasteiger partial charge in [0.25, 0.3) is 0 Å². The van der Waals surface area contributed by atoms with E-state index in [4.69, 9.17) is 4.52 Å². The molecule has 7 heteroatoms. The number of carbonyl (C=O) groups excluding carboxylic acids is 1. The first-order valence-corrected chi connectivity index (χ1v) is 7.85. The van der Waals surface area contributed by atoms with Crippen LogP contribution in [-0.2, 0) is 4.79 Å². The highest BCUT2D eigenvalue weighted by Gasteiger charge is 2.16. The predicted molar refractivity (Wildman–Crippen MR) is 91.7 cm³/mol. The van der Waals surface area contributed by atoms with Crippen molar-refractivity contribution in [2.45, 2.75) is 13.0 Å². The Balaban J connectivity index is 1.63. The lowest BCUT2D eigenvalue weighted by Gasteiger charge is -2.06. The fraction of sp³-hybridized carbons (Fsp3) is 0.105. The van der Waals surface area contributed by atoms with E-state index in [1.807, 2.05) is 0 Å². The monoisotopic (exact) mass is 355 g/mol. The molecular formula is C19H15F2N3O2. The number of benzene rings is 2. The van der Waals surface area contributed by atoms with Crippen LogP contribution in [0.1, 0.15) is 24.4 Å². The summed E-state index contributed by atoms with van der Waals surface area (Å²) in [5, 5.41) is 6.51. The molecule has 3 rings (SSSR count). The molecule has 0 fully saturated rings. The summed E-state index contributed by atoms with van der Waals surface area (Å²) in [4.78, 5) is 16.2. The van der Waals surface area contributed by atoms with E-state index >= 15 is 0 Å². The average Bonchev–Trinajstić information content (AvgIpc) is 3.11. The Morgan fingerprint density at radius 2 is 1.92 bits per heavy atom. The SMILES string of the molecule is CC(NC(=O)/C=C/c1cccc(F)c1)c1nc(-c2ccc(F)cc2)no1. The third kappa shape index (κ3) is 4.38. The smallest absolute Gasteiger partial charge is 0.249 e. The van der Waals surface area contributed by atoms with Crippen LogP contribution in [0.2, 0.25) is 0 Å². The Morgan fingerprint density at radius 3 is 2.65 bits per heavy atom. The summed E-state index contributed by atoms with van der Waals surface area (Å²) in [6.07, 6.45) is 2.80. The minimum atomic E-state index is -0.527. The zero-order valence-electron chi connectivity index (χ0n) is 13.8. The molecule has 3 aromatic rings. The highest BCUT2D eigenvalue weighted by Crippen LogP contribution is 2.19. The van der Waals surface area contributed by atoms with Gasteiger partial charge in [-0.2, -0.15) is 4.98 Å². The van der Waals surface area contributed by atoms with Crippen LogP contribution < -0.4 is 5.32 Å². The lowest BCUT2D eigenvalue weighted by Crippen LogP contribution is -2.24. The number of carbonyl (C=O) groups is 1. The van der Waals surface area contributed by atoms with Crippen molar-refractivity contribution in [2.75, 3.05) is 0 Å². The maximum Gasteiger partial charge on any atom is 0.249 e. The maximum absolute atomic E-state index is 13.1. The van der Waals surface area contributed by atoms with Crippen LogP contribution in [0.25, 0.3) is 17.5 Å². The molecule has 1 amide bonds. The number of hydrogen-bond donors (Lipinski definition) is 1. The van der Waals surface area contributed by atoms with Crippen LogP contribution in [0.15, 0.2) is 59.1 Å². The predicted octanol–water partition coefficient (Wildman–Crippen LogP) is 3.91. The number of nitrogens with zero attached hydrogens (tertiary/aromatic N) is 2. The summed E-state index contributed by atoms with van der Waals surface area (Å²) in [5.41, 5.74) is 1.18. The highest BCUT2D eigenvalue weighted by molar-refractivity contribution is 5.91. The van der Waals surface area contributed by atoms with Crippen LogP contribution in [-0.4, -0.2) is 16.0 Å². The molecule has 1 unspecified atom stereocenters. The molecular weight excluding hydrogens is 340 g/mol. The largest absolute Gasteiger partial charge is 0.341 e. The summed E-state index contributed by atoms with van der Waals surface area (Å²) in [5.74, 6) is -0.597. The molecule has 26 heavy (non-hydrogen) atoms. The molecule has 0 aliphatic heterocycles. The van der Waals surface area contributed by atoms with E-state index in [2.05, 4.69) is 15.5 Å². The van der Waals surface area contributed by atoms with Gasteiger partial charge in [-0.3, -0.25) is 4.79 Å². The van der Waals surface area contributed by atoms with Crippen LogP contribution in [0.3, 0.4) is 0 Å². The quantitative estimate of drug-likeness (QED) is 0.705. The molecule has 0 aliphatic rings. The Kier molecular flexibility index (Phi) is 5.17. The van der Waals surface area contributed by atoms with E-state index in [-0.39, 0.29) is 23.4 Å². The lowest BCUT2D eigenvalue weighted by molar-refractivity contribution is -0.117. The first-order chi connectivity index (χ1) is 12.5. The molecule has 1 N–H and O–H groups in total. The standard InChI is InChI=1S/C19H15F2N3O2/c1-12(22-17(25)10-5-13-3-2-4-16(21)11-13)19-23-18(24-26-19)14-6-8-15(20)9-7-14/h2-12H,1H3,(H,22,25)/b10-5+. The van der Waals surface area contributed by atoms with Gasteiger partial charge < -0.3 is 9.84 Å². The minimum Gasteiger partial charge on any atom is -0.341 e. The zero-order valence-corrected chi connectivity index (χ0v) is 13.8. The molecule has 2 aromatic carbocycles. The van der Waals surface area contributed by atoms with Gasteiger partial charge in [0.15, 0.2) is 0 Å². The van der Waals surface area contributed by atoms with Crippen LogP contribution in [0.5, 0.6) is 0 Å². The van der Waals surface area contributed by atoms with Crippen molar-refractivity contribution in [3.8, 4) is 11.4 Å². The fourth-order valence-electron chi connectivity index (χ4n) is 2.23. The van der Waals surface area contributed by atoms with Gasteiger partial charge in [0, 0.05) is 11.6 Å². The van der Waals surface area contributed by atoms with Crippen molar-refractivity contribution >= 4 is 12.0 Å². The number of nitrogens with one attached hydrogen (secondary N) is 1. The van der Waals surface area contributed by atoms with Gasteiger partial charge in [-0.25, -0.2) is 8.78 Å². The number of rotatable bonds is 5. The van der Waals surface area contributed by atoms with Gasteiger partial charge in [-0.05, 0) is 55.0 Å². The van der Waals surface area contributed by atoms with Crippen LogP contribution in [0, 0.1) is 11.6 Å². The Labute approximate surface area is 148 Å². The van der Waals surface area contributed by atoms with Crippen molar-refractivity contribution in [3.05, 3.63) is 77.7 Å². The molecule has 0 aliphatic carbocycles. The van der Waals surface area contributed by atoms with E-state index in [0.29, 0.717) is 17.0 Å². The molecule has 0 radical (unpaired) electrons. The van der Waals surface area contributed by atoms with E-state index < -0.39 is 6.04 Å². The summed E-state index contributed by atoms with van der Waals surface area (Å²) in [6.45, 7) is 1.69. The number of amides is 1. The average molecular weight is 355 g/mol. The Bertz CT molecular complexity index is 936. The molecule has 1 heterocycles. The van der Waals surface area contributed by atoms with E-state index in [1.54, 1.807) is 19.1 Å². The van der Waals surface area contributed by atoms with E-state index in [9.17, 15) is 13.6 Å². The summed E-state index contributed by atoms with van der Waals surface area (Å²) in [6, 6.07) is 11.0. The van der Waals surface area contributed by atoms with Crippen molar-refractivity contribution in [1.29, 1.82) is 0 Å². The fourth-order valence-corrected chi connectivity index (χ4v) is 2.23. The zero-order chi connectivity index (χ0) is 18.5. The number of hydrogen-bond acceptors (Lipinski definition) is 4. The normalized spacial score (nSPS) is 12.3. The number of aromatic nitrogens is 2. The van der Waals surface area contributed by atoms with E-state index in [0.717, 1.165) is 0 Å². The maximum atomic E-state index is 13.1. The number of halogens is 2. The summed E-state index contributed by atoms with van der Waals surface area (Å²) < 4.78 is 31.2. The molecule has 0 bridgehead atoms. The summed E-state index contributed by atoms with van der Waals surface area (Å²) in [7, 11) is 0. The van der Waals surface area contributed by atoms with Crippen LogP contribution >= 0.6 is 0 Å². The highest BCUT2D eigenvalue weighted by atomic mass is 19.1. The molecule has 1 atom stereocenters. The second-order valence-electron chi connectivity index (χ2n) is 5.58. The first kappa shape index (κ1) is 17.5. The Morgan fingerprint density at radius 1 is 1.15 bits per heavy atom. The van der Waals surface area contributed by atoms with E-state index in [1.165, 1.54) is 48.6 Å². The molecule has 0 saturated carbocycles. The lowest BCUT2D eigenvalue weighted by atomic mass is 10.2. The van der Waals surface area contributed by atoms with Gasteiger partial charge in [-0.15, -0.1) is 0 Å². The van der Waals surface area contributed by atoms with Crippen molar-refractivity contribution in [3.63, 3.8) is 0 Å². The van der Waals surface area contributed by atoms with Crippen molar-refractivity contribution in [1.82, 2.24) is 15.5 Å². The molecule has 132 valence electrons. The van der Waals surface area contributed by atoms with Gasteiger partial charge in [0.05, 0.1) is 0 Å².